The van der Waals surface area contributed by atoms with E-state index in [1.807, 2.05) is 30.3 Å². The summed E-state index contributed by atoms with van der Waals surface area (Å²) in [5.74, 6) is 0.717. The fourth-order valence-corrected chi connectivity index (χ4v) is 5.44. The van der Waals surface area contributed by atoms with E-state index in [4.69, 9.17) is 0 Å². The smallest absolute Gasteiger partial charge is 0.275 e. The van der Waals surface area contributed by atoms with Crippen molar-refractivity contribution in [3.05, 3.63) is 118 Å². The second-order valence-electron chi connectivity index (χ2n) is 8.06. The van der Waals surface area contributed by atoms with Gasteiger partial charge in [-0.3, -0.25) is 9.36 Å². The van der Waals surface area contributed by atoms with Gasteiger partial charge in [-0.25, -0.2) is 9.37 Å². The number of nitrogens with one attached hydrogen (secondary N) is 1. The van der Waals surface area contributed by atoms with Crippen LogP contribution in [-0.2, 0) is 12.2 Å². The highest BCUT2D eigenvalue weighted by Gasteiger charge is 2.18. The maximum absolute atomic E-state index is 13.1. The summed E-state index contributed by atoms with van der Waals surface area (Å²) in [6, 6.07) is 24.0. The molecule has 0 radical (unpaired) electrons. The Kier molecular flexibility index (Phi) is 7.20. The number of anilines is 1. The Bertz CT molecular complexity index is 1480. The predicted octanol–water partition coefficient (Wildman–Crippen LogP) is 6.31. The maximum Gasteiger partial charge on any atom is 0.275 e. The van der Waals surface area contributed by atoms with Crippen molar-refractivity contribution in [2.45, 2.75) is 24.3 Å². The van der Waals surface area contributed by atoms with Crippen molar-refractivity contribution >= 4 is 34.7 Å². The second-order valence-corrected chi connectivity index (χ2v) is 9.94. The lowest BCUT2D eigenvalue weighted by Gasteiger charge is -2.12. The maximum atomic E-state index is 13.1. The van der Waals surface area contributed by atoms with Gasteiger partial charge in [0.05, 0.1) is 11.4 Å². The minimum Gasteiger partial charge on any atom is -0.321 e. The van der Waals surface area contributed by atoms with Gasteiger partial charge < -0.3 is 5.32 Å². The lowest BCUT2D eigenvalue weighted by molar-refractivity contribution is 0.102. The molecule has 1 N–H and O–H groups in total. The number of thioether (sulfide) groups is 1. The number of hydrogen-bond donors (Lipinski definition) is 1. The number of thiazole rings is 1. The molecule has 0 aliphatic rings. The normalized spacial score (nSPS) is 10.9. The highest BCUT2D eigenvalue weighted by atomic mass is 32.2. The van der Waals surface area contributed by atoms with Crippen molar-refractivity contribution in [2.75, 3.05) is 5.32 Å². The molecule has 0 aliphatic carbocycles. The summed E-state index contributed by atoms with van der Waals surface area (Å²) in [5.41, 5.74) is 4.16. The third-order valence-corrected chi connectivity index (χ3v) is 7.44. The SMILES string of the molecule is Cc1ccccc1-n1c(Cc2ccccc2)nnc1SCc1nc(C(=O)Nc2ccc(F)cc2)cs1. The first-order chi connectivity index (χ1) is 17.6. The van der Waals surface area contributed by atoms with Crippen LogP contribution in [0.25, 0.3) is 5.69 Å². The van der Waals surface area contributed by atoms with Crippen LogP contribution in [0.2, 0.25) is 0 Å². The number of carbonyl (C=O) groups excluding carboxylic acids is 1. The zero-order valence-corrected chi connectivity index (χ0v) is 21.0. The first-order valence-corrected chi connectivity index (χ1v) is 13.1. The molecule has 0 unspecified atom stereocenters. The van der Waals surface area contributed by atoms with Crippen molar-refractivity contribution in [3.63, 3.8) is 0 Å². The zero-order valence-electron chi connectivity index (χ0n) is 19.4. The van der Waals surface area contributed by atoms with E-state index >= 15 is 0 Å². The molecule has 0 fully saturated rings. The number of para-hydroxylation sites is 1. The van der Waals surface area contributed by atoms with E-state index in [0.717, 1.165) is 32.8 Å². The second kappa shape index (κ2) is 10.8. The van der Waals surface area contributed by atoms with Crippen molar-refractivity contribution in [3.8, 4) is 5.69 Å². The topological polar surface area (TPSA) is 72.7 Å². The average molecular weight is 516 g/mol. The molecule has 3 aromatic carbocycles. The molecule has 2 aromatic heterocycles. The lowest BCUT2D eigenvalue weighted by Crippen LogP contribution is -2.12. The van der Waals surface area contributed by atoms with Crippen LogP contribution in [-0.4, -0.2) is 25.7 Å². The molecule has 1 amide bonds. The Hall–Kier alpha value is -3.82. The predicted molar refractivity (Wildman–Crippen MR) is 141 cm³/mol. The fraction of sp³-hybridized carbons (Fsp3) is 0.111. The number of hydrogen-bond acceptors (Lipinski definition) is 6. The van der Waals surface area contributed by atoms with Crippen LogP contribution in [0.3, 0.4) is 0 Å². The number of aromatic nitrogens is 4. The first-order valence-electron chi connectivity index (χ1n) is 11.2. The quantitative estimate of drug-likeness (QED) is 0.245. The molecule has 0 atom stereocenters. The van der Waals surface area contributed by atoms with Crippen molar-refractivity contribution in [2.24, 2.45) is 0 Å². The van der Waals surface area contributed by atoms with E-state index in [0.29, 0.717) is 23.6 Å². The van der Waals surface area contributed by atoms with Gasteiger partial charge in [0.2, 0.25) is 0 Å². The van der Waals surface area contributed by atoms with Gasteiger partial charge in [-0.2, -0.15) is 0 Å². The number of rotatable bonds is 8. The fourth-order valence-electron chi connectivity index (χ4n) is 3.68. The van der Waals surface area contributed by atoms with Gasteiger partial charge in [-0.1, -0.05) is 60.3 Å². The third kappa shape index (κ3) is 5.53. The van der Waals surface area contributed by atoms with Gasteiger partial charge in [0.1, 0.15) is 22.3 Å². The zero-order chi connectivity index (χ0) is 24.9. The lowest BCUT2D eigenvalue weighted by atomic mass is 10.1. The van der Waals surface area contributed by atoms with E-state index in [-0.39, 0.29) is 11.7 Å². The van der Waals surface area contributed by atoms with Crippen molar-refractivity contribution in [1.29, 1.82) is 0 Å². The van der Waals surface area contributed by atoms with E-state index < -0.39 is 0 Å². The van der Waals surface area contributed by atoms with Crippen molar-refractivity contribution < 1.29 is 9.18 Å². The number of nitrogens with zero attached hydrogens (tertiary/aromatic N) is 4. The van der Waals surface area contributed by atoms with E-state index in [2.05, 4.69) is 56.3 Å². The third-order valence-electron chi connectivity index (χ3n) is 5.47. The number of carbonyl (C=O) groups is 1. The minimum atomic E-state index is -0.355. The van der Waals surface area contributed by atoms with Crippen LogP contribution in [0.1, 0.15) is 32.4 Å². The molecule has 0 saturated carbocycles. The summed E-state index contributed by atoms with van der Waals surface area (Å²) in [4.78, 5) is 17.0. The summed E-state index contributed by atoms with van der Waals surface area (Å²) >= 11 is 2.94. The Labute approximate surface area is 216 Å². The molecule has 0 aliphatic heterocycles. The largest absolute Gasteiger partial charge is 0.321 e. The van der Waals surface area contributed by atoms with Gasteiger partial charge in [0.15, 0.2) is 5.16 Å². The summed E-state index contributed by atoms with van der Waals surface area (Å²) in [6.45, 7) is 2.07. The number of aryl methyl sites for hydroxylation is 1. The van der Waals surface area contributed by atoms with Gasteiger partial charge >= 0.3 is 0 Å². The van der Waals surface area contributed by atoms with Crippen LogP contribution < -0.4 is 5.32 Å². The Morgan fingerprint density at radius 3 is 2.53 bits per heavy atom. The van der Waals surface area contributed by atoms with Gasteiger partial charge in [0.25, 0.3) is 5.91 Å². The van der Waals surface area contributed by atoms with Crippen LogP contribution >= 0.6 is 23.1 Å². The van der Waals surface area contributed by atoms with E-state index in [1.54, 1.807) is 5.38 Å². The molecule has 9 heteroatoms. The van der Waals surface area contributed by atoms with E-state index in [9.17, 15) is 9.18 Å². The van der Waals surface area contributed by atoms with Crippen LogP contribution in [0, 0.1) is 12.7 Å². The summed E-state index contributed by atoms with van der Waals surface area (Å²) in [7, 11) is 0. The minimum absolute atomic E-state index is 0.324. The number of amides is 1. The highest BCUT2D eigenvalue weighted by Crippen LogP contribution is 2.29. The Morgan fingerprint density at radius 1 is 1.00 bits per heavy atom. The summed E-state index contributed by atoms with van der Waals surface area (Å²) < 4.78 is 15.2. The Balaban J connectivity index is 1.34. The van der Waals surface area contributed by atoms with Crippen LogP contribution in [0.5, 0.6) is 0 Å². The Morgan fingerprint density at radius 2 is 1.75 bits per heavy atom. The van der Waals surface area contributed by atoms with Gasteiger partial charge in [-0.15, -0.1) is 21.5 Å². The molecule has 180 valence electrons. The standard InChI is InChI=1S/C27H22FN5OS2/c1-18-7-5-6-10-23(18)33-24(15-19-8-3-2-4-9-19)31-32-27(33)36-17-25-30-22(16-35-25)26(34)29-21-13-11-20(28)12-14-21/h2-14,16H,15,17H2,1H3,(H,29,34). The van der Waals surface area contributed by atoms with E-state index in [1.165, 1.54) is 47.4 Å². The summed E-state index contributed by atoms with van der Waals surface area (Å²) in [5, 5.41) is 15.0. The monoisotopic (exact) mass is 515 g/mol. The van der Waals surface area contributed by atoms with Crippen molar-refractivity contribution in [1.82, 2.24) is 19.7 Å². The molecule has 0 bridgehead atoms. The molecular weight excluding hydrogens is 493 g/mol. The molecular formula is C27H22FN5OS2. The van der Waals surface area contributed by atoms with Gasteiger partial charge in [0, 0.05) is 17.5 Å². The molecule has 5 rings (SSSR count). The molecule has 5 aromatic rings. The van der Waals surface area contributed by atoms with Crippen LogP contribution in [0.15, 0.2) is 89.4 Å². The average Bonchev–Trinajstić information content (AvgIpc) is 3.52. The highest BCUT2D eigenvalue weighted by molar-refractivity contribution is 7.98. The summed E-state index contributed by atoms with van der Waals surface area (Å²) in [6.07, 6.45) is 0.660. The number of halogens is 1. The molecule has 0 spiro atoms. The molecule has 0 saturated heterocycles. The first kappa shape index (κ1) is 23.9. The van der Waals surface area contributed by atoms with Crippen LogP contribution in [0.4, 0.5) is 10.1 Å². The molecule has 36 heavy (non-hydrogen) atoms. The molecule has 2 heterocycles. The molecule has 6 nitrogen and oxygen atoms in total. The number of benzene rings is 3. The van der Waals surface area contributed by atoms with Gasteiger partial charge in [-0.05, 0) is 48.4 Å².